The fourth-order valence-electron chi connectivity index (χ4n) is 1.94. The molecule has 0 spiro atoms. The molecule has 0 radical (unpaired) electrons. The van der Waals surface area contributed by atoms with E-state index in [9.17, 15) is 9.59 Å². The Hall–Kier alpha value is -1.54. The molecule has 7 nitrogen and oxygen atoms in total. The number of amides is 1. The van der Waals surface area contributed by atoms with E-state index in [-0.39, 0.29) is 11.6 Å². The number of carbonyl (C=O) groups is 2. The number of rotatable bonds is 4. The molecule has 19 heavy (non-hydrogen) atoms. The van der Waals surface area contributed by atoms with E-state index in [0.29, 0.717) is 25.4 Å². The molecular formula is C11H16N4O3S. The lowest BCUT2D eigenvalue weighted by atomic mass is 10.2. The minimum Gasteiger partial charge on any atom is -0.480 e. The number of nitrogens with two attached hydrogens (primary N) is 1. The van der Waals surface area contributed by atoms with Crippen molar-refractivity contribution in [1.29, 1.82) is 0 Å². The molecule has 1 aromatic heterocycles. The van der Waals surface area contributed by atoms with Crippen molar-refractivity contribution in [2.75, 3.05) is 24.6 Å². The van der Waals surface area contributed by atoms with Crippen LogP contribution in [0.3, 0.4) is 0 Å². The number of hydrogen-bond donors (Lipinski definition) is 2. The summed E-state index contributed by atoms with van der Waals surface area (Å²) in [6, 6.07) is -0.772. The number of carbonyl (C=O) groups excluding carboxylic acids is 1. The van der Waals surface area contributed by atoms with E-state index < -0.39 is 12.0 Å². The summed E-state index contributed by atoms with van der Waals surface area (Å²) in [6.07, 6.45) is 3.14. The van der Waals surface area contributed by atoms with Gasteiger partial charge in [0.05, 0.1) is 6.33 Å². The molecule has 1 saturated heterocycles. The first kappa shape index (κ1) is 13.9. The second-order valence-corrected chi connectivity index (χ2v) is 5.36. The van der Waals surface area contributed by atoms with Crippen LogP contribution < -0.4 is 5.73 Å². The van der Waals surface area contributed by atoms with Crippen molar-refractivity contribution in [2.24, 2.45) is 5.73 Å². The summed E-state index contributed by atoms with van der Waals surface area (Å²) in [4.78, 5) is 28.8. The van der Waals surface area contributed by atoms with E-state index in [4.69, 9.17) is 10.8 Å². The fourth-order valence-corrected chi connectivity index (χ4v) is 2.98. The summed E-state index contributed by atoms with van der Waals surface area (Å²) in [5.41, 5.74) is 5.70. The zero-order valence-electron chi connectivity index (χ0n) is 10.4. The van der Waals surface area contributed by atoms with Crippen LogP contribution >= 0.6 is 11.8 Å². The van der Waals surface area contributed by atoms with E-state index in [1.54, 1.807) is 22.5 Å². The fraction of sp³-hybridized carbons (Fsp3) is 0.545. The zero-order chi connectivity index (χ0) is 13.8. The Morgan fingerprint density at radius 1 is 1.58 bits per heavy atom. The Balaban J connectivity index is 2.14. The van der Waals surface area contributed by atoms with Gasteiger partial charge in [-0.2, -0.15) is 11.8 Å². The normalized spacial score (nSPS) is 19.4. The average molecular weight is 284 g/mol. The first-order valence-electron chi connectivity index (χ1n) is 5.97. The van der Waals surface area contributed by atoms with Gasteiger partial charge in [-0.05, 0) is 0 Å². The number of carboxylic acids is 1. The van der Waals surface area contributed by atoms with Crippen molar-refractivity contribution < 1.29 is 14.7 Å². The molecule has 1 unspecified atom stereocenters. The Bertz CT molecular complexity index is 476. The van der Waals surface area contributed by atoms with Gasteiger partial charge in [0.1, 0.15) is 11.7 Å². The van der Waals surface area contributed by atoms with Gasteiger partial charge in [0.25, 0.3) is 5.91 Å². The number of carboxylic acid groups (broad SMARTS) is 1. The smallest absolute Gasteiger partial charge is 0.327 e. The molecule has 8 heteroatoms. The number of aromatic nitrogens is 2. The summed E-state index contributed by atoms with van der Waals surface area (Å²) in [6.45, 7) is 1.48. The third-order valence-corrected chi connectivity index (χ3v) is 3.94. The number of imidazole rings is 1. The molecular weight excluding hydrogens is 268 g/mol. The van der Waals surface area contributed by atoms with Crippen molar-refractivity contribution in [2.45, 2.75) is 12.6 Å². The summed E-state index contributed by atoms with van der Waals surface area (Å²) in [7, 11) is 0. The van der Waals surface area contributed by atoms with Crippen LogP contribution in [0, 0.1) is 0 Å². The highest BCUT2D eigenvalue weighted by atomic mass is 32.2. The van der Waals surface area contributed by atoms with Crippen molar-refractivity contribution >= 4 is 23.6 Å². The van der Waals surface area contributed by atoms with Gasteiger partial charge < -0.3 is 20.3 Å². The van der Waals surface area contributed by atoms with Crippen LogP contribution in [-0.4, -0.2) is 62.1 Å². The lowest BCUT2D eigenvalue weighted by molar-refractivity contribution is -0.141. The third-order valence-electron chi connectivity index (χ3n) is 2.91. The summed E-state index contributed by atoms with van der Waals surface area (Å²) in [5.74, 6) is -0.130. The quantitative estimate of drug-likeness (QED) is 0.772. The molecule has 3 N–H and O–H groups in total. The Morgan fingerprint density at radius 2 is 2.37 bits per heavy atom. The summed E-state index contributed by atoms with van der Waals surface area (Å²) in [5, 5.41) is 9.14. The monoisotopic (exact) mass is 284 g/mol. The summed E-state index contributed by atoms with van der Waals surface area (Å²) < 4.78 is 1.72. The highest BCUT2D eigenvalue weighted by Gasteiger charge is 2.33. The van der Waals surface area contributed by atoms with Crippen molar-refractivity contribution in [3.05, 3.63) is 18.2 Å². The van der Waals surface area contributed by atoms with Crippen LogP contribution in [0.25, 0.3) is 0 Å². The Morgan fingerprint density at radius 3 is 3.05 bits per heavy atom. The van der Waals surface area contributed by atoms with Crippen LogP contribution in [0.1, 0.15) is 10.5 Å². The molecule has 1 atom stereocenters. The maximum absolute atomic E-state index is 12.3. The number of thioether (sulfide) groups is 1. The first-order chi connectivity index (χ1) is 9.13. The molecule has 1 aliphatic heterocycles. The standard InChI is InChI=1S/C11H16N4O3S/c12-1-2-14-5-8(13-7-14)10(16)15-3-4-19-6-9(15)11(17)18/h5,7,9H,1-4,6,12H2,(H,17,18). The van der Waals surface area contributed by atoms with Gasteiger partial charge in [0.2, 0.25) is 0 Å². The maximum Gasteiger partial charge on any atom is 0.327 e. The number of aliphatic carboxylic acids is 1. The van der Waals surface area contributed by atoms with Crippen molar-refractivity contribution in [3.8, 4) is 0 Å². The van der Waals surface area contributed by atoms with Crippen LogP contribution in [0.4, 0.5) is 0 Å². The van der Waals surface area contributed by atoms with Crippen LogP contribution in [0.2, 0.25) is 0 Å². The molecule has 2 heterocycles. The maximum atomic E-state index is 12.3. The van der Waals surface area contributed by atoms with Gasteiger partial charge in [0, 0.05) is 37.3 Å². The topological polar surface area (TPSA) is 101 Å². The van der Waals surface area contributed by atoms with E-state index >= 15 is 0 Å². The minimum atomic E-state index is -0.970. The Labute approximate surface area is 114 Å². The summed E-state index contributed by atoms with van der Waals surface area (Å²) >= 11 is 1.54. The van der Waals surface area contributed by atoms with E-state index in [1.165, 1.54) is 11.2 Å². The zero-order valence-corrected chi connectivity index (χ0v) is 11.2. The predicted octanol–water partition coefficient (Wildman–Crippen LogP) is -0.516. The number of nitrogens with zero attached hydrogens (tertiary/aromatic N) is 3. The molecule has 0 saturated carbocycles. The largest absolute Gasteiger partial charge is 0.480 e. The van der Waals surface area contributed by atoms with Gasteiger partial charge in [-0.25, -0.2) is 9.78 Å². The molecule has 104 valence electrons. The average Bonchev–Trinajstić information content (AvgIpc) is 2.87. The third kappa shape index (κ3) is 3.07. The lowest BCUT2D eigenvalue weighted by Gasteiger charge is -2.31. The second kappa shape index (κ2) is 6.07. The van der Waals surface area contributed by atoms with Crippen molar-refractivity contribution in [3.63, 3.8) is 0 Å². The van der Waals surface area contributed by atoms with E-state index in [2.05, 4.69) is 4.98 Å². The molecule has 0 aromatic carbocycles. The van der Waals surface area contributed by atoms with Crippen LogP contribution in [-0.2, 0) is 11.3 Å². The van der Waals surface area contributed by atoms with Gasteiger partial charge in [-0.15, -0.1) is 0 Å². The molecule has 1 fully saturated rings. The lowest BCUT2D eigenvalue weighted by Crippen LogP contribution is -2.50. The SMILES string of the molecule is NCCn1cnc(C(=O)N2CCSCC2C(=O)O)c1. The Kier molecular flexibility index (Phi) is 4.43. The van der Waals surface area contributed by atoms with Gasteiger partial charge in [-0.1, -0.05) is 0 Å². The highest BCUT2D eigenvalue weighted by molar-refractivity contribution is 7.99. The van der Waals surface area contributed by atoms with E-state index in [0.717, 1.165) is 5.75 Å². The van der Waals surface area contributed by atoms with Crippen LogP contribution in [0.15, 0.2) is 12.5 Å². The molecule has 1 amide bonds. The first-order valence-corrected chi connectivity index (χ1v) is 7.12. The minimum absolute atomic E-state index is 0.270. The van der Waals surface area contributed by atoms with Gasteiger partial charge in [-0.3, -0.25) is 4.79 Å². The van der Waals surface area contributed by atoms with Crippen molar-refractivity contribution in [1.82, 2.24) is 14.5 Å². The second-order valence-electron chi connectivity index (χ2n) is 4.21. The predicted molar refractivity (Wildman–Crippen MR) is 71.1 cm³/mol. The van der Waals surface area contributed by atoms with E-state index in [1.807, 2.05) is 0 Å². The van der Waals surface area contributed by atoms with Gasteiger partial charge >= 0.3 is 5.97 Å². The number of hydrogen-bond acceptors (Lipinski definition) is 5. The molecule has 0 bridgehead atoms. The highest BCUT2D eigenvalue weighted by Crippen LogP contribution is 2.18. The van der Waals surface area contributed by atoms with Crippen LogP contribution in [0.5, 0.6) is 0 Å². The molecule has 1 aliphatic rings. The van der Waals surface area contributed by atoms with Gasteiger partial charge in [0.15, 0.2) is 0 Å². The molecule has 0 aliphatic carbocycles. The molecule has 2 rings (SSSR count). The molecule has 1 aromatic rings.